The molecule has 0 unspecified atom stereocenters. The van der Waals surface area contributed by atoms with Crippen molar-refractivity contribution in [3.8, 4) is 5.75 Å². The van der Waals surface area contributed by atoms with Gasteiger partial charge in [-0.2, -0.15) is 5.10 Å². The summed E-state index contributed by atoms with van der Waals surface area (Å²) < 4.78 is 41.5. The molecule has 1 aromatic carbocycles. The average Bonchev–Trinajstić information content (AvgIpc) is 2.92. The number of nitrogens with zero attached hydrogens (tertiary/aromatic N) is 2. The number of halogens is 3. The van der Waals surface area contributed by atoms with Crippen molar-refractivity contribution in [2.75, 3.05) is 5.32 Å². The van der Waals surface area contributed by atoms with Crippen molar-refractivity contribution in [1.82, 2.24) is 9.78 Å². The average molecular weight is 371 g/mol. The zero-order chi connectivity index (χ0) is 19.5. The smallest absolute Gasteiger partial charge is 0.480 e. The van der Waals surface area contributed by atoms with E-state index in [4.69, 9.17) is 5.11 Å². The Bertz CT molecular complexity index is 798. The maximum Gasteiger partial charge on any atom is 0.573 e. The Morgan fingerprint density at radius 2 is 1.81 bits per heavy atom. The van der Waals surface area contributed by atoms with Crippen LogP contribution in [0.2, 0.25) is 0 Å². The van der Waals surface area contributed by atoms with Gasteiger partial charge in [-0.3, -0.25) is 14.3 Å². The Labute approximate surface area is 146 Å². The van der Waals surface area contributed by atoms with Gasteiger partial charge in [-0.25, -0.2) is 0 Å². The number of carboxylic acid groups (broad SMARTS) is 1. The Kier molecular flexibility index (Phi) is 5.24. The van der Waals surface area contributed by atoms with E-state index in [1.54, 1.807) is 13.8 Å². The van der Waals surface area contributed by atoms with Gasteiger partial charge < -0.3 is 15.2 Å². The number of amides is 1. The van der Waals surface area contributed by atoms with Gasteiger partial charge in [-0.15, -0.1) is 13.2 Å². The van der Waals surface area contributed by atoms with Gasteiger partial charge in [0.05, 0.1) is 5.41 Å². The standard InChI is InChI=1S/C16H16F3N3O4/c1-15(2,10-3-5-11(6-4-10)26-16(17,18)19)14(25)20-12-7-8-22(21-12)9-13(23)24/h3-8H,9H2,1-2H3,(H,23,24)(H,20,21,25). The van der Waals surface area contributed by atoms with E-state index in [9.17, 15) is 22.8 Å². The number of hydrogen-bond acceptors (Lipinski definition) is 4. The molecule has 2 rings (SSSR count). The molecular weight excluding hydrogens is 355 g/mol. The molecule has 0 aliphatic heterocycles. The number of nitrogens with one attached hydrogen (secondary N) is 1. The zero-order valence-corrected chi connectivity index (χ0v) is 13.9. The highest BCUT2D eigenvalue weighted by molar-refractivity contribution is 5.97. The Balaban J connectivity index is 2.09. The largest absolute Gasteiger partial charge is 0.573 e. The van der Waals surface area contributed by atoms with Gasteiger partial charge in [-0.1, -0.05) is 12.1 Å². The summed E-state index contributed by atoms with van der Waals surface area (Å²) in [6.45, 7) is 2.84. The molecule has 0 saturated heterocycles. The molecule has 1 heterocycles. The molecule has 0 radical (unpaired) electrons. The third-order valence-corrected chi connectivity index (χ3v) is 3.56. The van der Waals surface area contributed by atoms with Crippen LogP contribution in [-0.2, 0) is 21.5 Å². The third-order valence-electron chi connectivity index (χ3n) is 3.56. The van der Waals surface area contributed by atoms with Gasteiger partial charge in [0, 0.05) is 12.3 Å². The maximum atomic E-state index is 12.5. The second-order valence-electron chi connectivity index (χ2n) is 5.94. The monoisotopic (exact) mass is 371 g/mol. The van der Waals surface area contributed by atoms with E-state index in [2.05, 4.69) is 15.2 Å². The third kappa shape index (κ3) is 4.98. The molecule has 0 bridgehead atoms. The van der Waals surface area contributed by atoms with Crippen LogP contribution in [-0.4, -0.2) is 33.1 Å². The highest BCUT2D eigenvalue weighted by Crippen LogP contribution is 2.29. The van der Waals surface area contributed by atoms with Gasteiger partial charge >= 0.3 is 12.3 Å². The summed E-state index contributed by atoms with van der Waals surface area (Å²) >= 11 is 0. The summed E-state index contributed by atoms with van der Waals surface area (Å²) in [5, 5.41) is 15.2. The molecule has 0 saturated carbocycles. The van der Waals surface area contributed by atoms with Crippen molar-refractivity contribution < 1.29 is 32.6 Å². The first-order valence-corrected chi connectivity index (χ1v) is 7.40. The summed E-state index contributed by atoms with van der Waals surface area (Å²) in [4.78, 5) is 23.1. The van der Waals surface area contributed by atoms with Crippen molar-refractivity contribution in [3.05, 3.63) is 42.1 Å². The van der Waals surface area contributed by atoms with Gasteiger partial charge in [0.25, 0.3) is 0 Å². The number of ether oxygens (including phenoxy) is 1. The predicted octanol–water partition coefficient (Wildman–Crippen LogP) is 2.78. The Hall–Kier alpha value is -3.04. The van der Waals surface area contributed by atoms with Crippen LogP contribution in [0.15, 0.2) is 36.5 Å². The fourth-order valence-corrected chi connectivity index (χ4v) is 2.13. The number of benzene rings is 1. The molecule has 0 fully saturated rings. The van der Waals surface area contributed by atoms with E-state index < -0.39 is 23.7 Å². The molecule has 0 aliphatic rings. The molecule has 1 aromatic heterocycles. The molecule has 26 heavy (non-hydrogen) atoms. The van der Waals surface area contributed by atoms with Crippen LogP contribution in [0.25, 0.3) is 0 Å². The predicted molar refractivity (Wildman–Crippen MR) is 84.6 cm³/mol. The van der Waals surface area contributed by atoms with Crippen molar-refractivity contribution in [2.45, 2.75) is 32.2 Å². The molecule has 0 atom stereocenters. The minimum absolute atomic E-state index is 0.168. The first-order valence-electron chi connectivity index (χ1n) is 7.40. The fraction of sp³-hybridized carbons (Fsp3) is 0.312. The quantitative estimate of drug-likeness (QED) is 0.814. The summed E-state index contributed by atoms with van der Waals surface area (Å²) in [5.74, 6) is -1.75. The summed E-state index contributed by atoms with van der Waals surface area (Å²) in [6, 6.07) is 6.42. The number of aliphatic carboxylic acids is 1. The van der Waals surface area contributed by atoms with E-state index in [-0.39, 0.29) is 18.1 Å². The van der Waals surface area contributed by atoms with E-state index in [1.807, 2.05) is 0 Å². The molecule has 140 valence electrons. The molecular formula is C16H16F3N3O4. The number of hydrogen-bond donors (Lipinski definition) is 2. The number of rotatable bonds is 6. The number of alkyl halides is 3. The normalized spacial score (nSPS) is 11.9. The first-order chi connectivity index (χ1) is 12.0. The van der Waals surface area contributed by atoms with Crippen LogP contribution in [0, 0.1) is 0 Å². The SMILES string of the molecule is CC(C)(C(=O)Nc1ccn(CC(=O)O)n1)c1ccc(OC(F)(F)F)cc1. The van der Waals surface area contributed by atoms with Crippen LogP contribution in [0.5, 0.6) is 5.75 Å². The van der Waals surface area contributed by atoms with Gasteiger partial charge in [0.1, 0.15) is 12.3 Å². The molecule has 0 spiro atoms. The highest BCUT2D eigenvalue weighted by Gasteiger charge is 2.33. The Morgan fingerprint density at radius 3 is 2.35 bits per heavy atom. The highest BCUT2D eigenvalue weighted by atomic mass is 19.4. The lowest BCUT2D eigenvalue weighted by Crippen LogP contribution is -2.35. The summed E-state index contributed by atoms with van der Waals surface area (Å²) in [5.41, 5.74) is -0.609. The summed E-state index contributed by atoms with van der Waals surface area (Å²) in [7, 11) is 0. The maximum absolute atomic E-state index is 12.5. The molecule has 1 amide bonds. The zero-order valence-electron chi connectivity index (χ0n) is 13.9. The minimum Gasteiger partial charge on any atom is -0.480 e. The number of anilines is 1. The lowest BCUT2D eigenvalue weighted by molar-refractivity contribution is -0.274. The van der Waals surface area contributed by atoms with Crippen LogP contribution in [0.3, 0.4) is 0 Å². The fourth-order valence-electron chi connectivity index (χ4n) is 2.13. The van der Waals surface area contributed by atoms with Crippen molar-refractivity contribution in [3.63, 3.8) is 0 Å². The van der Waals surface area contributed by atoms with E-state index in [1.165, 1.54) is 24.4 Å². The number of aromatic nitrogens is 2. The van der Waals surface area contributed by atoms with Crippen molar-refractivity contribution >= 4 is 17.7 Å². The molecule has 7 nitrogen and oxygen atoms in total. The molecule has 0 aliphatic carbocycles. The molecule has 2 aromatic rings. The second-order valence-corrected chi connectivity index (χ2v) is 5.94. The lowest BCUT2D eigenvalue weighted by Gasteiger charge is -2.24. The van der Waals surface area contributed by atoms with Gasteiger partial charge in [0.2, 0.25) is 5.91 Å². The topological polar surface area (TPSA) is 93.5 Å². The van der Waals surface area contributed by atoms with Gasteiger partial charge in [-0.05, 0) is 31.5 Å². The van der Waals surface area contributed by atoms with Crippen LogP contribution < -0.4 is 10.1 Å². The van der Waals surface area contributed by atoms with E-state index in [0.29, 0.717) is 5.56 Å². The number of carbonyl (C=O) groups is 2. The van der Waals surface area contributed by atoms with Crippen LogP contribution in [0.1, 0.15) is 19.4 Å². The minimum atomic E-state index is -4.79. The van der Waals surface area contributed by atoms with Crippen LogP contribution in [0.4, 0.5) is 19.0 Å². The number of carbonyl (C=O) groups excluding carboxylic acids is 1. The van der Waals surface area contributed by atoms with E-state index >= 15 is 0 Å². The van der Waals surface area contributed by atoms with Crippen molar-refractivity contribution in [2.24, 2.45) is 0 Å². The molecule has 10 heteroatoms. The van der Waals surface area contributed by atoms with Crippen LogP contribution >= 0.6 is 0 Å². The number of carboxylic acids is 1. The molecule has 2 N–H and O–H groups in total. The van der Waals surface area contributed by atoms with Gasteiger partial charge in [0.15, 0.2) is 5.82 Å². The second kappa shape index (κ2) is 7.06. The first kappa shape index (κ1) is 19.3. The lowest BCUT2D eigenvalue weighted by atomic mass is 9.83. The summed E-state index contributed by atoms with van der Waals surface area (Å²) in [6.07, 6.45) is -3.39. The van der Waals surface area contributed by atoms with E-state index in [0.717, 1.165) is 16.8 Å². The Morgan fingerprint density at radius 1 is 1.19 bits per heavy atom. The van der Waals surface area contributed by atoms with Crippen molar-refractivity contribution in [1.29, 1.82) is 0 Å².